The van der Waals surface area contributed by atoms with Gasteiger partial charge < -0.3 is 10.6 Å². The molecule has 0 rings (SSSR count). The molecule has 5 nitrogen and oxygen atoms in total. The maximum absolute atomic E-state index is 6.00. The van der Waals surface area contributed by atoms with Crippen LogP contribution in [0.3, 0.4) is 0 Å². The summed E-state index contributed by atoms with van der Waals surface area (Å²) in [7, 11) is 5.76. The monoisotopic (exact) mass is 269 g/mol. The molecule has 0 aromatic carbocycles. The molecule has 108 valence electrons. The third-order valence-corrected chi connectivity index (χ3v) is 2.60. The summed E-state index contributed by atoms with van der Waals surface area (Å²) in [6, 6.07) is 0.495. The lowest BCUT2D eigenvalue weighted by Gasteiger charge is -2.32. The maximum Gasteiger partial charge on any atom is 0.0249 e. The van der Waals surface area contributed by atoms with Crippen LogP contribution in [0.2, 0.25) is 0 Å². The average molecular weight is 269 g/mol. The molecule has 0 aromatic rings. The van der Waals surface area contributed by atoms with Gasteiger partial charge in [0.15, 0.2) is 0 Å². The molecule has 0 aliphatic heterocycles. The van der Waals surface area contributed by atoms with Crippen LogP contribution in [0.15, 0.2) is 0 Å². The van der Waals surface area contributed by atoms with Crippen molar-refractivity contribution in [3.8, 4) is 0 Å². The van der Waals surface area contributed by atoms with Crippen molar-refractivity contribution < 1.29 is 10.5 Å². The van der Waals surface area contributed by atoms with Crippen LogP contribution in [0.25, 0.3) is 0 Å². The molecular weight excluding hydrogens is 238 g/mol. The highest BCUT2D eigenvalue weighted by Crippen LogP contribution is 2.20. The van der Waals surface area contributed by atoms with Crippen LogP contribution < -0.4 is 10.6 Å². The van der Waals surface area contributed by atoms with Crippen molar-refractivity contribution >= 4 is 12.8 Å². The summed E-state index contributed by atoms with van der Waals surface area (Å²) in [5.41, 5.74) is 0.297. The van der Waals surface area contributed by atoms with Crippen LogP contribution in [0.5, 0.6) is 0 Å². The Morgan fingerprint density at radius 1 is 1.18 bits per heavy atom. The zero-order valence-electron chi connectivity index (χ0n) is 12.3. The van der Waals surface area contributed by atoms with Gasteiger partial charge in [0.05, 0.1) is 0 Å². The molecule has 1 atom stereocenters. The van der Waals surface area contributed by atoms with E-state index >= 15 is 0 Å². The highest BCUT2D eigenvalue weighted by Gasteiger charge is 2.23. The van der Waals surface area contributed by atoms with Gasteiger partial charge in [-0.3, -0.25) is 14.8 Å². The Bertz CT molecular complexity index is 143. The molecule has 0 fully saturated rings. The molecule has 0 amide bonds. The molecule has 6 heteroatoms. The van der Waals surface area contributed by atoms with Gasteiger partial charge in [-0.25, -0.2) is 0 Å². The minimum absolute atomic E-state index is 0.297. The third-order valence-electron chi connectivity index (χ3n) is 2.15. The van der Waals surface area contributed by atoms with Gasteiger partial charge >= 0.3 is 0 Å². The summed E-state index contributed by atoms with van der Waals surface area (Å²) in [6.45, 7) is 10.8. The van der Waals surface area contributed by atoms with Crippen molar-refractivity contribution in [2.45, 2.75) is 33.7 Å². The van der Waals surface area contributed by atoms with E-state index in [1.54, 1.807) is 0 Å². The number of nitrogens with zero attached hydrogens (tertiary/aromatic N) is 1. The van der Waals surface area contributed by atoms with Crippen molar-refractivity contribution in [1.29, 1.82) is 0 Å². The summed E-state index contributed by atoms with van der Waals surface area (Å²) in [5.74, 6) is 0. The predicted molar refractivity (Wildman–Crippen MR) is 78.8 cm³/mol. The molecule has 0 bridgehead atoms. The predicted octanol–water partition coefficient (Wildman–Crippen LogP) is 1.64. The Kier molecular flexibility index (Phi) is 18.7. The lowest BCUT2D eigenvalue weighted by atomic mass is 9.87. The molecule has 0 heterocycles. The van der Waals surface area contributed by atoms with Gasteiger partial charge in [-0.2, -0.15) is 0 Å². The van der Waals surface area contributed by atoms with Gasteiger partial charge in [-0.15, -0.1) is 0 Å². The minimum atomic E-state index is 0.297. The van der Waals surface area contributed by atoms with E-state index in [0.717, 1.165) is 13.1 Å². The van der Waals surface area contributed by atoms with E-state index in [1.807, 2.05) is 25.4 Å². The number of nitrogens with one attached hydrogen (secondary N) is 2. The number of thiol groups is 1. The standard InChI is InChI=1S/C9H22N2S.C2H7N.H2O2/c1-6-11(12)7-8(10-5)9(2,3)4;1-3-2;1-2/h8,10,12H,6-7H2,1-5H3;3H,1-2H3;1-2H. The smallest absolute Gasteiger partial charge is 0.0249 e. The van der Waals surface area contributed by atoms with E-state index in [2.05, 4.69) is 51.1 Å². The normalized spacial score (nSPS) is 12.2. The molecule has 17 heavy (non-hydrogen) atoms. The van der Waals surface area contributed by atoms with Crippen LogP contribution in [0.4, 0.5) is 0 Å². The van der Waals surface area contributed by atoms with E-state index in [4.69, 9.17) is 10.5 Å². The summed E-state index contributed by atoms with van der Waals surface area (Å²) < 4.78 is 2.03. The van der Waals surface area contributed by atoms with E-state index in [1.165, 1.54) is 0 Å². The zero-order valence-corrected chi connectivity index (χ0v) is 13.2. The van der Waals surface area contributed by atoms with Crippen LogP contribution in [-0.4, -0.2) is 55.1 Å². The fourth-order valence-electron chi connectivity index (χ4n) is 1.14. The Morgan fingerprint density at radius 3 is 1.71 bits per heavy atom. The second-order valence-electron chi connectivity index (χ2n) is 4.71. The molecule has 0 aliphatic rings. The van der Waals surface area contributed by atoms with Crippen molar-refractivity contribution in [1.82, 2.24) is 14.9 Å². The summed E-state index contributed by atoms with van der Waals surface area (Å²) in [4.78, 5) is 0. The highest BCUT2D eigenvalue weighted by atomic mass is 32.1. The van der Waals surface area contributed by atoms with Crippen LogP contribution in [0.1, 0.15) is 27.7 Å². The molecule has 0 radical (unpaired) electrons. The van der Waals surface area contributed by atoms with Gasteiger partial charge in [0.1, 0.15) is 0 Å². The third kappa shape index (κ3) is 16.1. The second-order valence-corrected chi connectivity index (χ2v) is 5.28. The number of likely N-dealkylation sites (N-methyl/N-ethyl adjacent to an activating group) is 2. The molecule has 0 spiro atoms. The number of hydrogen-bond donors (Lipinski definition) is 5. The molecule has 1 unspecified atom stereocenters. The fraction of sp³-hybridized carbons (Fsp3) is 1.00. The Balaban J connectivity index is -0.000000337. The summed E-state index contributed by atoms with van der Waals surface area (Å²) in [6.07, 6.45) is 0. The summed E-state index contributed by atoms with van der Waals surface area (Å²) >= 11 is 4.35. The largest absolute Gasteiger partial charge is 0.323 e. The maximum atomic E-state index is 6.00. The van der Waals surface area contributed by atoms with Crippen molar-refractivity contribution in [2.75, 3.05) is 34.2 Å². The molecule has 0 saturated heterocycles. The van der Waals surface area contributed by atoms with Gasteiger partial charge in [-0.1, -0.05) is 40.5 Å². The van der Waals surface area contributed by atoms with Crippen molar-refractivity contribution in [2.24, 2.45) is 5.41 Å². The molecule has 0 aliphatic carbocycles. The van der Waals surface area contributed by atoms with Crippen molar-refractivity contribution in [3.05, 3.63) is 0 Å². The van der Waals surface area contributed by atoms with Gasteiger partial charge in [0, 0.05) is 19.1 Å². The van der Waals surface area contributed by atoms with E-state index in [-0.39, 0.29) is 0 Å². The molecule has 0 saturated carbocycles. The van der Waals surface area contributed by atoms with Crippen molar-refractivity contribution in [3.63, 3.8) is 0 Å². The van der Waals surface area contributed by atoms with E-state index in [9.17, 15) is 0 Å². The fourth-order valence-corrected chi connectivity index (χ4v) is 1.30. The quantitative estimate of drug-likeness (QED) is 0.305. The van der Waals surface area contributed by atoms with Gasteiger partial charge in [-0.05, 0) is 26.6 Å². The SMILES string of the molecule is CCN(S)CC(NC)C(C)(C)C.CNC.OO. The number of rotatable bonds is 4. The van der Waals surface area contributed by atoms with Crippen LogP contribution >= 0.6 is 12.8 Å². The first-order chi connectivity index (χ1) is 7.83. The molecular formula is C11H31N3O2S. The first-order valence-corrected chi connectivity index (χ1v) is 6.13. The molecule has 4 N–H and O–H groups in total. The first kappa shape index (κ1) is 22.3. The topological polar surface area (TPSA) is 67.8 Å². The van der Waals surface area contributed by atoms with Gasteiger partial charge in [0.25, 0.3) is 0 Å². The molecule has 0 aromatic heterocycles. The Hall–Kier alpha value is 0.150. The Morgan fingerprint density at radius 2 is 1.53 bits per heavy atom. The minimum Gasteiger partial charge on any atom is -0.323 e. The van der Waals surface area contributed by atoms with Crippen LogP contribution in [0, 0.1) is 5.41 Å². The number of hydrogen-bond acceptors (Lipinski definition) is 6. The zero-order chi connectivity index (χ0) is 14.5. The van der Waals surface area contributed by atoms with Crippen LogP contribution in [-0.2, 0) is 0 Å². The van der Waals surface area contributed by atoms with Gasteiger partial charge in [0.2, 0.25) is 0 Å². The second kappa shape index (κ2) is 14.2. The first-order valence-electron chi connectivity index (χ1n) is 5.73. The lowest BCUT2D eigenvalue weighted by Crippen LogP contribution is -2.44. The van der Waals surface area contributed by atoms with E-state index < -0.39 is 0 Å². The highest BCUT2D eigenvalue weighted by molar-refractivity contribution is 7.77. The lowest BCUT2D eigenvalue weighted by molar-refractivity contribution is -0.176. The Labute approximate surface area is 112 Å². The van der Waals surface area contributed by atoms with E-state index in [0.29, 0.717) is 11.5 Å². The average Bonchev–Trinajstić information content (AvgIpc) is 2.27. The summed E-state index contributed by atoms with van der Waals surface area (Å²) in [5, 5.41) is 18.1.